The Kier molecular flexibility index (Phi) is 6.22. The van der Waals surface area contributed by atoms with E-state index in [2.05, 4.69) is 59.9 Å². The molecule has 0 atom stereocenters. The molecule has 0 radical (unpaired) electrons. The van der Waals surface area contributed by atoms with Crippen LogP contribution in [0.1, 0.15) is 22.8 Å². The standard InChI is InChI=1S/C20H14N4.C6H5O3S.Co/c1-2-14-10-16-5-6-18(23-16)12-20-8-7-19(24-20)11-17-4-3-15(22-17)9-13(1)21-14;7-10(8,9)6-4-2-1-3-5-6;/h1-12,21,24H;2-5H,(H,7,8,9);. The van der Waals surface area contributed by atoms with Crippen LogP contribution >= 0.6 is 0 Å². The van der Waals surface area contributed by atoms with Crippen LogP contribution < -0.4 is 4.50 Å². The Labute approximate surface area is 209 Å². The molecule has 5 heterocycles. The third-order valence-electron chi connectivity index (χ3n) is 5.14. The van der Waals surface area contributed by atoms with Crippen LogP contribution in [0.5, 0.6) is 0 Å². The van der Waals surface area contributed by atoms with Gasteiger partial charge in [-0.3, -0.25) is 0 Å². The van der Waals surface area contributed by atoms with Crippen LogP contribution in [0.3, 0.4) is 0 Å². The maximum absolute atomic E-state index is 10.5. The van der Waals surface area contributed by atoms with Crippen LogP contribution in [0, 0.1) is 0 Å². The van der Waals surface area contributed by atoms with Gasteiger partial charge in [0.25, 0.3) is 0 Å². The average Bonchev–Trinajstić information content (AvgIpc) is 3.60. The SMILES string of the molecule is C1=Cc2cc3ccc(cc4nc(cc5ccc(cc1n2)[nH]5)C=C4)[nH]3.O=S(=O)(O)c1cc[c]([Co])cc1. The van der Waals surface area contributed by atoms with Gasteiger partial charge in [-0.1, -0.05) is 0 Å². The number of H-pyrrole nitrogens is 2. The molecule has 0 saturated heterocycles. The van der Waals surface area contributed by atoms with Crippen LogP contribution in [-0.4, -0.2) is 32.9 Å². The first-order valence-electron chi connectivity index (χ1n) is 10.6. The molecule has 7 nitrogen and oxygen atoms in total. The van der Waals surface area contributed by atoms with Crippen LogP contribution in [0.4, 0.5) is 0 Å². The third-order valence-corrected chi connectivity index (χ3v) is 6.35. The van der Waals surface area contributed by atoms with E-state index in [0.29, 0.717) is 4.50 Å². The molecule has 3 aromatic heterocycles. The maximum atomic E-state index is 10.5. The summed E-state index contributed by atoms with van der Waals surface area (Å²) in [5.74, 6) is 0. The number of fused-ring (bicyclic) bond motifs is 8. The number of benzene rings is 1. The van der Waals surface area contributed by atoms with Crippen molar-refractivity contribution in [3.63, 3.8) is 0 Å². The molecule has 1 aromatic carbocycles. The molecule has 4 aromatic rings. The number of rotatable bonds is 1. The van der Waals surface area contributed by atoms with Gasteiger partial charge in [-0.15, -0.1) is 0 Å². The van der Waals surface area contributed by atoms with Gasteiger partial charge >= 0.3 is 72.5 Å². The van der Waals surface area contributed by atoms with E-state index in [1.54, 1.807) is 0 Å². The van der Waals surface area contributed by atoms with Gasteiger partial charge in [0, 0.05) is 22.1 Å². The van der Waals surface area contributed by atoms with E-state index < -0.39 is 10.1 Å². The quantitative estimate of drug-likeness (QED) is 0.268. The van der Waals surface area contributed by atoms with Crippen molar-refractivity contribution in [1.82, 2.24) is 19.9 Å². The Morgan fingerprint density at radius 2 is 0.943 bits per heavy atom. The first-order valence-corrected chi connectivity index (χ1v) is 12.5. The summed E-state index contributed by atoms with van der Waals surface area (Å²) in [7, 11) is -4.05. The zero-order valence-corrected chi connectivity index (χ0v) is 20.0. The molecular formula is C26H19CoN4O3S. The summed E-state index contributed by atoms with van der Waals surface area (Å²) < 4.78 is 30.1. The fourth-order valence-electron chi connectivity index (χ4n) is 3.54. The van der Waals surface area contributed by atoms with Gasteiger partial charge < -0.3 is 9.97 Å². The minimum atomic E-state index is -4.05. The van der Waals surface area contributed by atoms with Gasteiger partial charge in [-0.25, -0.2) is 9.97 Å². The minimum absolute atomic E-state index is 0.117. The monoisotopic (exact) mass is 526 g/mol. The second-order valence-electron chi connectivity index (χ2n) is 7.81. The van der Waals surface area contributed by atoms with E-state index in [9.17, 15) is 8.42 Å². The fourth-order valence-corrected chi connectivity index (χ4v) is 4.20. The second-order valence-corrected chi connectivity index (χ2v) is 9.83. The summed E-state index contributed by atoms with van der Waals surface area (Å²) in [5, 5.41) is 0. The molecule has 35 heavy (non-hydrogen) atoms. The molecule has 0 aliphatic carbocycles. The normalized spacial score (nSPS) is 12.3. The van der Waals surface area contributed by atoms with Gasteiger partial charge in [0.2, 0.25) is 0 Å². The Hall–Kier alpha value is -3.76. The third kappa shape index (κ3) is 5.84. The molecule has 0 unspecified atom stereocenters. The Bertz CT molecular complexity index is 1560. The van der Waals surface area contributed by atoms with Crippen molar-refractivity contribution in [1.29, 1.82) is 0 Å². The Balaban J connectivity index is 0.000000195. The zero-order chi connectivity index (χ0) is 24.4. The topological polar surface area (TPSA) is 112 Å². The van der Waals surface area contributed by atoms with Crippen molar-refractivity contribution in [3.8, 4) is 0 Å². The predicted molar refractivity (Wildman–Crippen MR) is 135 cm³/mol. The number of nitrogens with zero attached hydrogens (tertiary/aromatic N) is 2. The molecule has 0 saturated carbocycles. The Morgan fingerprint density at radius 1 is 0.600 bits per heavy atom. The summed E-state index contributed by atoms with van der Waals surface area (Å²) in [6.45, 7) is 0. The van der Waals surface area contributed by atoms with Crippen molar-refractivity contribution >= 4 is 61.0 Å². The van der Waals surface area contributed by atoms with Crippen LogP contribution in [0.2, 0.25) is 0 Å². The Morgan fingerprint density at radius 3 is 1.26 bits per heavy atom. The molecule has 2 aliphatic heterocycles. The van der Waals surface area contributed by atoms with E-state index in [1.165, 1.54) is 24.3 Å². The van der Waals surface area contributed by atoms with Gasteiger partial charge in [0.05, 0.1) is 22.8 Å². The van der Waals surface area contributed by atoms with Crippen molar-refractivity contribution < 1.29 is 28.7 Å². The van der Waals surface area contributed by atoms with Gasteiger partial charge in [0.1, 0.15) is 0 Å². The van der Waals surface area contributed by atoms with Crippen LogP contribution in [0.25, 0.3) is 46.4 Å². The van der Waals surface area contributed by atoms with E-state index in [4.69, 9.17) is 4.55 Å². The number of hydrogen-bond donors (Lipinski definition) is 3. The second kappa shape index (κ2) is 9.47. The first kappa shape index (κ1) is 23.0. The van der Waals surface area contributed by atoms with Crippen molar-refractivity contribution in [3.05, 3.63) is 95.6 Å². The number of aromatic amines is 2. The van der Waals surface area contributed by atoms with Gasteiger partial charge in [0.15, 0.2) is 0 Å². The van der Waals surface area contributed by atoms with Gasteiger partial charge in [-0.2, -0.15) is 0 Å². The summed E-state index contributed by atoms with van der Waals surface area (Å²) in [6.07, 6.45) is 8.09. The number of nitrogens with one attached hydrogen (secondary N) is 2. The summed E-state index contributed by atoms with van der Waals surface area (Å²) in [4.78, 5) is 15.9. The summed E-state index contributed by atoms with van der Waals surface area (Å²) in [5.41, 5.74) is 7.86. The molecule has 0 amide bonds. The molecule has 9 heteroatoms. The molecular weight excluding hydrogens is 507 g/mol. The summed E-state index contributed by atoms with van der Waals surface area (Å²) >= 11 is 4.00. The summed E-state index contributed by atoms with van der Waals surface area (Å²) in [6, 6.07) is 21.9. The zero-order valence-electron chi connectivity index (χ0n) is 18.1. The molecule has 8 bridgehead atoms. The number of hydrogen-bond acceptors (Lipinski definition) is 4. The molecule has 2 aliphatic rings. The molecule has 0 fully saturated rings. The number of aromatic nitrogens is 4. The predicted octanol–water partition coefficient (Wildman–Crippen LogP) is 4.76. The first-order chi connectivity index (χ1) is 16.8. The van der Waals surface area contributed by atoms with Crippen LogP contribution in [0.15, 0.2) is 77.7 Å². The van der Waals surface area contributed by atoms with Crippen molar-refractivity contribution in [2.75, 3.05) is 0 Å². The van der Waals surface area contributed by atoms with Crippen molar-refractivity contribution in [2.45, 2.75) is 4.90 Å². The average molecular weight is 526 g/mol. The molecule has 176 valence electrons. The van der Waals surface area contributed by atoms with E-state index in [0.717, 1.165) is 44.8 Å². The van der Waals surface area contributed by atoms with Crippen molar-refractivity contribution in [2.24, 2.45) is 0 Å². The molecule has 0 spiro atoms. The van der Waals surface area contributed by atoms with E-state index >= 15 is 0 Å². The molecule has 3 N–H and O–H groups in total. The van der Waals surface area contributed by atoms with Crippen LogP contribution in [-0.2, 0) is 25.9 Å². The fraction of sp³-hybridized carbons (Fsp3) is 0. The van der Waals surface area contributed by atoms with E-state index in [1.807, 2.05) is 48.6 Å². The molecule has 6 rings (SSSR count). The van der Waals surface area contributed by atoms with Gasteiger partial charge in [-0.05, 0) is 72.8 Å². The van der Waals surface area contributed by atoms with E-state index in [-0.39, 0.29) is 4.90 Å².